The van der Waals surface area contributed by atoms with Crippen molar-refractivity contribution in [3.63, 3.8) is 0 Å². The first-order chi connectivity index (χ1) is 11.7. The van der Waals surface area contributed by atoms with Crippen molar-refractivity contribution in [2.24, 2.45) is 0 Å². The van der Waals surface area contributed by atoms with Gasteiger partial charge in [-0.2, -0.15) is 5.10 Å². The van der Waals surface area contributed by atoms with Gasteiger partial charge in [0.1, 0.15) is 6.10 Å². The van der Waals surface area contributed by atoms with E-state index in [-0.39, 0.29) is 17.9 Å². The Kier molecular flexibility index (Phi) is 4.10. The van der Waals surface area contributed by atoms with Gasteiger partial charge in [0.2, 0.25) is 0 Å². The highest BCUT2D eigenvalue weighted by Gasteiger charge is 2.33. The minimum atomic E-state index is -0.138. The van der Waals surface area contributed by atoms with Crippen molar-refractivity contribution < 1.29 is 13.9 Å². The van der Waals surface area contributed by atoms with Crippen LogP contribution in [0.5, 0.6) is 0 Å². The van der Waals surface area contributed by atoms with E-state index in [2.05, 4.69) is 21.2 Å². The van der Waals surface area contributed by atoms with Gasteiger partial charge in [0, 0.05) is 31.3 Å². The van der Waals surface area contributed by atoms with Gasteiger partial charge in [-0.3, -0.25) is 9.89 Å². The molecule has 2 atom stereocenters. The lowest BCUT2D eigenvalue weighted by atomic mass is 9.94. The van der Waals surface area contributed by atoms with Gasteiger partial charge in [0.25, 0.3) is 5.91 Å². The van der Waals surface area contributed by atoms with Gasteiger partial charge in [-0.15, -0.1) is 0 Å². The molecule has 2 fully saturated rings. The molecular weight excluding hydrogens is 308 g/mol. The maximum Gasteiger partial charge on any atom is 0.276 e. The molecule has 0 aliphatic carbocycles. The number of nitrogens with one attached hydrogen (secondary N) is 1. The maximum atomic E-state index is 12.9. The molecule has 24 heavy (non-hydrogen) atoms. The first-order valence-electron chi connectivity index (χ1n) is 8.58. The van der Waals surface area contributed by atoms with Gasteiger partial charge < -0.3 is 14.1 Å². The molecule has 128 valence electrons. The molecule has 4 heterocycles. The molecule has 0 radical (unpaired) electrons. The Morgan fingerprint density at radius 2 is 2.29 bits per heavy atom. The smallest absolute Gasteiger partial charge is 0.276 e. The number of piperidine rings is 1. The minimum absolute atomic E-state index is 0.0637. The average molecular weight is 330 g/mol. The van der Waals surface area contributed by atoms with Crippen molar-refractivity contribution in [2.45, 2.75) is 44.6 Å². The van der Waals surface area contributed by atoms with Crippen LogP contribution in [-0.4, -0.2) is 45.7 Å². The molecule has 4 rings (SSSR count). The number of carbonyl (C=O) groups is 1. The molecule has 0 aromatic carbocycles. The largest absolute Gasteiger partial charge is 0.445 e. The fourth-order valence-corrected chi connectivity index (χ4v) is 3.63. The number of likely N-dealkylation sites (tertiary alicyclic amines) is 1. The zero-order valence-electron chi connectivity index (χ0n) is 13.8. The number of amides is 1. The number of H-pyrrole nitrogens is 1. The van der Waals surface area contributed by atoms with Gasteiger partial charge in [-0.25, -0.2) is 4.98 Å². The summed E-state index contributed by atoms with van der Waals surface area (Å²) in [7, 11) is 0. The monoisotopic (exact) mass is 330 g/mol. The Labute approximate surface area is 140 Å². The van der Waals surface area contributed by atoms with Gasteiger partial charge in [-0.1, -0.05) is 0 Å². The molecule has 0 bridgehead atoms. The van der Waals surface area contributed by atoms with Gasteiger partial charge in [0.15, 0.2) is 17.8 Å². The minimum Gasteiger partial charge on any atom is -0.445 e. The van der Waals surface area contributed by atoms with E-state index in [1.165, 1.54) is 6.39 Å². The summed E-state index contributed by atoms with van der Waals surface area (Å²) in [6.45, 7) is 4.12. The zero-order chi connectivity index (χ0) is 16.5. The van der Waals surface area contributed by atoms with Crippen molar-refractivity contribution in [1.29, 1.82) is 0 Å². The predicted molar refractivity (Wildman–Crippen MR) is 85.6 cm³/mol. The third-order valence-electron chi connectivity index (χ3n) is 4.87. The summed E-state index contributed by atoms with van der Waals surface area (Å²) < 4.78 is 11.1. The van der Waals surface area contributed by atoms with Gasteiger partial charge in [0.05, 0.1) is 5.69 Å². The second-order valence-electron chi connectivity index (χ2n) is 6.63. The normalized spacial score (nSPS) is 24.5. The fourth-order valence-electron chi connectivity index (χ4n) is 3.63. The Morgan fingerprint density at radius 1 is 1.38 bits per heavy atom. The van der Waals surface area contributed by atoms with Crippen LogP contribution in [0.15, 0.2) is 16.9 Å². The topological polar surface area (TPSA) is 84.2 Å². The average Bonchev–Trinajstić information content (AvgIpc) is 3.34. The van der Waals surface area contributed by atoms with E-state index in [0.29, 0.717) is 24.6 Å². The van der Waals surface area contributed by atoms with Gasteiger partial charge in [-0.05, 0) is 38.7 Å². The summed E-state index contributed by atoms with van der Waals surface area (Å²) in [5, 5.41) is 7.35. The highest BCUT2D eigenvalue weighted by Crippen LogP contribution is 2.32. The number of carbonyl (C=O) groups excluding carboxylic acids is 1. The van der Waals surface area contributed by atoms with Crippen LogP contribution in [0.1, 0.15) is 65.3 Å². The molecule has 0 spiro atoms. The lowest BCUT2D eigenvalue weighted by molar-refractivity contribution is 0.0670. The molecule has 2 aromatic rings. The van der Waals surface area contributed by atoms with Crippen molar-refractivity contribution >= 4 is 5.91 Å². The molecular formula is C17H22N4O3. The Bertz CT molecular complexity index is 717. The summed E-state index contributed by atoms with van der Waals surface area (Å²) in [4.78, 5) is 19.0. The van der Waals surface area contributed by atoms with Crippen molar-refractivity contribution in [3.8, 4) is 0 Å². The van der Waals surface area contributed by atoms with Crippen LogP contribution in [0.4, 0.5) is 0 Å². The van der Waals surface area contributed by atoms with Crippen molar-refractivity contribution in [1.82, 2.24) is 20.1 Å². The number of aromatic amines is 1. The van der Waals surface area contributed by atoms with Crippen LogP contribution in [0, 0.1) is 6.92 Å². The molecule has 2 aromatic heterocycles. The standard InChI is InChI=1S/C17H22N4O3/c1-11-8-13(20-19-11)12-4-2-6-21(9-12)17(22)15-16(24-10-18-15)14-5-3-7-23-14/h8,10,12,14H,2-7,9H2,1H3,(H,19,20)/t12-,14+/m0/s1. The molecule has 1 amide bonds. The third-order valence-corrected chi connectivity index (χ3v) is 4.87. The van der Waals surface area contributed by atoms with E-state index < -0.39 is 0 Å². The highest BCUT2D eigenvalue weighted by atomic mass is 16.5. The lowest BCUT2D eigenvalue weighted by Gasteiger charge is -2.31. The molecule has 7 heteroatoms. The van der Waals surface area contributed by atoms with Crippen LogP contribution < -0.4 is 0 Å². The number of aryl methyl sites for hydroxylation is 1. The van der Waals surface area contributed by atoms with Crippen molar-refractivity contribution in [3.05, 3.63) is 35.3 Å². The highest BCUT2D eigenvalue weighted by molar-refractivity contribution is 5.93. The number of rotatable bonds is 3. The summed E-state index contributed by atoms with van der Waals surface area (Å²) in [6.07, 6.45) is 5.10. The fraction of sp³-hybridized carbons (Fsp3) is 0.588. The zero-order valence-corrected chi connectivity index (χ0v) is 13.8. The number of hydrogen-bond donors (Lipinski definition) is 1. The predicted octanol–water partition coefficient (Wildman–Crippen LogP) is 2.58. The Morgan fingerprint density at radius 3 is 3.04 bits per heavy atom. The number of oxazole rings is 1. The summed E-state index contributed by atoms with van der Waals surface area (Å²) in [5.41, 5.74) is 2.48. The number of aromatic nitrogens is 3. The Balaban J connectivity index is 1.51. The van der Waals surface area contributed by atoms with Crippen LogP contribution in [0.2, 0.25) is 0 Å². The van der Waals surface area contributed by atoms with E-state index in [1.807, 2.05) is 11.8 Å². The lowest BCUT2D eigenvalue weighted by Crippen LogP contribution is -2.39. The maximum absolute atomic E-state index is 12.9. The van der Waals surface area contributed by atoms with Crippen molar-refractivity contribution in [2.75, 3.05) is 19.7 Å². The molecule has 2 aliphatic heterocycles. The van der Waals surface area contributed by atoms with E-state index in [1.54, 1.807) is 0 Å². The van der Waals surface area contributed by atoms with Crippen LogP contribution in [0.25, 0.3) is 0 Å². The van der Waals surface area contributed by atoms with E-state index in [0.717, 1.165) is 43.6 Å². The molecule has 1 N–H and O–H groups in total. The SMILES string of the molecule is Cc1cc([C@H]2CCCN(C(=O)c3ncoc3[C@H]3CCCO3)C2)n[nH]1. The second-order valence-corrected chi connectivity index (χ2v) is 6.63. The Hall–Kier alpha value is -2.15. The van der Waals surface area contributed by atoms with Crippen LogP contribution in [0.3, 0.4) is 0 Å². The molecule has 2 saturated heterocycles. The van der Waals surface area contributed by atoms with E-state index in [4.69, 9.17) is 9.15 Å². The molecule has 2 aliphatic rings. The molecule has 7 nitrogen and oxygen atoms in total. The quantitative estimate of drug-likeness (QED) is 0.935. The number of ether oxygens (including phenoxy) is 1. The third kappa shape index (κ3) is 2.84. The number of hydrogen-bond acceptors (Lipinski definition) is 5. The molecule has 0 unspecified atom stereocenters. The van der Waals surface area contributed by atoms with Crippen LogP contribution >= 0.6 is 0 Å². The van der Waals surface area contributed by atoms with E-state index >= 15 is 0 Å². The summed E-state index contributed by atoms with van der Waals surface area (Å²) in [6, 6.07) is 2.06. The first-order valence-corrected chi connectivity index (χ1v) is 8.58. The van der Waals surface area contributed by atoms with Gasteiger partial charge >= 0.3 is 0 Å². The second kappa shape index (κ2) is 6.39. The van der Waals surface area contributed by atoms with Crippen LogP contribution in [-0.2, 0) is 4.74 Å². The summed E-state index contributed by atoms with van der Waals surface area (Å²) in [5.74, 6) is 0.784. The number of nitrogens with zero attached hydrogens (tertiary/aromatic N) is 3. The summed E-state index contributed by atoms with van der Waals surface area (Å²) >= 11 is 0. The van der Waals surface area contributed by atoms with E-state index in [9.17, 15) is 4.79 Å². The molecule has 0 saturated carbocycles. The first kappa shape index (κ1) is 15.4.